The van der Waals surface area contributed by atoms with Gasteiger partial charge in [0.2, 0.25) is 0 Å². The SMILES string of the molecule is COc1ccc(C(=O)Nc2ccc(F)cc2I)c(F)c1. The van der Waals surface area contributed by atoms with Gasteiger partial charge in [-0.25, -0.2) is 8.78 Å². The molecule has 0 saturated carbocycles. The molecule has 0 saturated heterocycles. The van der Waals surface area contributed by atoms with Gasteiger partial charge in [0.15, 0.2) is 0 Å². The second-order valence-corrected chi connectivity index (χ2v) is 5.09. The number of amides is 1. The lowest BCUT2D eigenvalue weighted by molar-refractivity contribution is 0.102. The maximum Gasteiger partial charge on any atom is 0.258 e. The molecule has 6 heteroatoms. The second-order valence-electron chi connectivity index (χ2n) is 3.92. The van der Waals surface area contributed by atoms with Gasteiger partial charge in [-0.3, -0.25) is 4.79 Å². The average molecular weight is 389 g/mol. The smallest absolute Gasteiger partial charge is 0.258 e. The second kappa shape index (κ2) is 6.17. The van der Waals surface area contributed by atoms with E-state index in [0.29, 0.717) is 15.0 Å². The lowest BCUT2D eigenvalue weighted by Gasteiger charge is -2.09. The van der Waals surface area contributed by atoms with Crippen LogP contribution in [0.1, 0.15) is 10.4 Å². The first-order valence-electron chi connectivity index (χ1n) is 5.61. The third-order valence-corrected chi connectivity index (χ3v) is 3.49. The Morgan fingerprint density at radius 2 is 1.95 bits per heavy atom. The number of halogens is 3. The van der Waals surface area contributed by atoms with Crippen LogP contribution in [0.25, 0.3) is 0 Å². The molecule has 0 fully saturated rings. The Morgan fingerprint density at radius 1 is 1.20 bits per heavy atom. The molecule has 0 aliphatic rings. The van der Waals surface area contributed by atoms with Crippen LogP contribution in [0.3, 0.4) is 0 Å². The van der Waals surface area contributed by atoms with Crippen LogP contribution in [0.4, 0.5) is 14.5 Å². The Balaban J connectivity index is 2.24. The van der Waals surface area contributed by atoms with Gasteiger partial charge in [0.05, 0.1) is 18.4 Å². The third kappa shape index (κ3) is 3.24. The predicted octanol–water partition coefficient (Wildman–Crippen LogP) is 3.83. The van der Waals surface area contributed by atoms with Crippen molar-refractivity contribution in [3.05, 3.63) is 57.2 Å². The van der Waals surface area contributed by atoms with Crippen LogP contribution in [0.2, 0.25) is 0 Å². The van der Waals surface area contributed by atoms with Crippen LogP contribution < -0.4 is 10.1 Å². The summed E-state index contributed by atoms with van der Waals surface area (Å²) in [6.45, 7) is 0. The molecule has 0 radical (unpaired) electrons. The number of hydrogen-bond donors (Lipinski definition) is 1. The molecule has 0 aliphatic carbocycles. The summed E-state index contributed by atoms with van der Waals surface area (Å²) in [7, 11) is 1.41. The largest absolute Gasteiger partial charge is 0.497 e. The van der Waals surface area contributed by atoms with Crippen molar-refractivity contribution < 1.29 is 18.3 Å². The Bertz CT molecular complexity index is 662. The Hall–Kier alpha value is -1.70. The van der Waals surface area contributed by atoms with E-state index in [0.717, 1.165) is 6.07 Å². The van der Waals surface area contributed by atoms with E-state index in [4.69, 9.17) is 4.74 Å². The molecule has 2 rings (SSSR count). The number of anilines is 1. The van der Waals surface area contributed by atoms with Gasteiger partial charge in [0.1, 0.15) is 17.4 Å². The summed E-state index contributed by atoms with van der Waals surface area (Å²) >= 11 is 1.89. The first kappa shape index (κ1) is 14.7. The van der Waals surface area contributed by atoms with Crippen molar-refractivity contribution in [2.45, 2.75) is 0 Å². The molecule has 2 aromatic rings. The monoisotopic (exact) mass is 389 g/mol. The molecule has 0 bridgehead atoms. The minimum Gasteiger partial charge on any atom is -0.497 e. The number of ether oxygens (including phenoxy) is 1. The number of nitrogens with one attached hydrogen (secondary N) is 1. The maximum atomic E-state index is 13.8. The van der Waals surface area contributed by atoms with Gasteiger partial charge in [-0.1, -0.05) is 0 Å². The summed E-state index contributed by atoms with van der Waals surface area (Å²) < 4.78 is 32.1. The van der Waals surface area contributed by atoms with Crippen molar-refractivity contribution in [2.75, 3.05) is 12.4 Å². The van der Waals surface area contributed by atoms with Crippen molar-refractivity contribution >= 4 is 34.2 Å². The minimum absolute atomic E-state index is 0.106. The number of methoxy groups -OCH3 is 1. The fourth-order valence-electron chi connectivity index (χ4n) is 1.59. The van der Waals surface area contributed by atoms with Crippen LogP contribution in [-0.2, 0) is 0 Å². The third-order valence-electron chi connectivity index (χ3n) is 2.60. The van der Waals surface area contributed by atoms with E-state index in [1.807, 2.05) is 22.6 Å². The van der Waals surface area contributed by atoms with Gasteiger partial charge >= 0.3 is 0 Å². The highest BCUT2D eigenvalue weighted by Gasteiger charge is 2.14. The van der Waals surface area contributed by atoms with Gasteiger partial charge in [0.25, 0.3) is 5.91 Å². The van der Waals surface area contributed by atoms with E-state index in [9.17, 15) is 13.6 Å². The molecular weight excluding hydrogens is 379 g/mol. The normalized spacial score (nSPS) is 10.2. The molecule has 3 nitrogen and oxygen atoms in total. The van der Waals surface area contributed by atoms with E-state index >= 15 is 0 Å². The van der Waals surface area contributed by atoms with Crippen LogP contribution in [0.5, 0.6) is 5.75 Å². The average Bonchev–Trinajstić information content (AvgIpc) is 2.41. The Kier molecular flexibility index (Phi) is 4.53. The summed E-state index contributed by atoms with van der Waals surface area (Å²) in [4.78, 5) is 12.0. The molecule has 0 atom stereocenters. The van der Waals surface area contributed by atoms with Crippen LogP contribution in [0, 0.1) is 15.2 Å². The van der Waals surface area contributed by atoms with E-state index < -0.39 is 17.5 Å². The molecule has 20 heavy (non-hydrogen) atoms. The number of carbonyl (C=O) groups excluding carboxylic acids is 1. The summed E-state index contributed by atoms with van der Waals surface area (Å²) in [5.74, 6) is -1.35. The Morgan fingerprint density at radius 3 is 2.55 bits per heavy atom. The van der Waals surface area contributed by atoms with E-state index in [-0.39, 0.29) is 5.56 Å². The summed E-state index contributed by atoms with van der Waals surface area (Å²) in [6, 6.07) is 7.89. The molecule has 1 N–H and O–H groups in total. The zero-order chi connectivity index (χ0) is 14.7. The lowest BCUT2D eigenvalue weighted by Crippen LogP contribution is -2.14. The molecule has 0 heterocycles. The van der Waals surface area contributed by atoms with E-state index in [1.54, 1.807) is 0 Å². The summed E-state index contributed by atoms with van der Waals surface area (Å²) in [5, 5.41) is 2.54. The van der Waals surface area contributed by atoms with E-state index in [2.05, 4.69) is 5.32 Å². The quantitative estimate of drug-likeness (QED) is 0.811. The fraction of sp³-hybridized carbons (Fsp3) is 0.0714. The molecule has 0 spiro atoms. The highest BCUT2D eigenvalue weighted by atomic mass is 127. The summed E-state index contributed by atoms with van der Waals surface area (Å²) in [5.41, 5.74) is 0.318. The first-order chi connectivity index (χ1) is 9.51. The molecule has 0 aliphatic heterocycles. The van der Waals surface area contributed by atoms with Gasteiger partial charge in [-0.15, -0.1) is 0 Å². The van der Waals surface area contributed by atoms with Crippen molar-refractivity contribution in [2.24, 2.45) is 0 Å². The number of benzene rings is 2. The number of carbonyl (C=O) groups is 1. The van der Waals surface area contributed by atoms with Crippen LogP contribution in [-0.4, -0.2) is 13.0 Å². The highest BCUT2D eigenvalue weighted by Crippen LogP contribution is 2.21. The number of rotatable bonds is 3. The Labute approximate surface area is 128 Å². The molecule has 2 aromatic carbocycles. The lowest BCUT2D eigenvalue weighted by atomic mass is 10.2. The van der Waals surface area contributed by atoms with Gasteiger partial charge < -0.3 is 10.1 Å². The standard InChI is InChI=1S/C14H10F2INO2/c1-20-9-3-4-10(11(16)7-9)14(19)18-13-5-2-8(15)6-12(13)17/h2-7H,1H3,(H,18,19). The predicted molar refractivity (Wildman–Crippen MR) is 80.0 cm³/mol. The molecule has 104 valence electrons. The van der Waals surface area contributed by atoms with Gasteiger partial charge in [-0.2, -0.15) is 0 Å². The zero-order valence-corrected chi connectivity index (χ0v) is 12.6. The van der Waals surface area contributed by atoms with Crippen molar-refractivity contribution in [1.82, 2.24) is 0 Å². The first-order valence-corrected chi connectivity index (χ1v) is 6.69. The maximum absolute atomic E-state index is 13.8. The topological polar surface area (TPSA) is 38.3 Å². The molecular formula is C14H10F2INO2. The fourth-order valence-corrected chi connectivity index (χ4v) is 2.20. The van der Waals surface area contributed by atoms with Crippen LogP contribution >= 0.6 is 22.6 Å². The van der Waals surface area contributed by atoms with Crippen molar-refractivity contribution in [1.29, 1.82) is 0 Å². The van der Waals surface area contributed by atoms with Crippen molar-refractivity contribution in [3.63, 3.8) is 0 Å². The highest BCUT2D eigenvalue weighted by molar-refractivity contribution is 14.1. The molecule has 0 aromatic heterocycles. The van der Waals surface area contributed by atoms with Crippen molar-refractivity contribution in [3.8, 4) is 5.75 Å². The number of hydrogen-bond acceptors (Lipinski definition) is 2. The van der Waals surface area contributed by atoms with Gasteiger partial charge in [-0.05, 0) is 52.9 Å². The van der Waals surface area contributed by atoms with Crippen LogP contribution in [0.15, 0.2) is 36.4 Å². The zero-order valence-electron chi connectivity index (χ0n) is 10.4. The summed E-state index contributed by atoms with van der Waals surface area (Å²) in [6.07, 6.45) is 0. The van der Waals surface area contributed by atoms with Gasteiger partial charge in [0, 0.05) is 9.64 Å². The molecule has 1 amide bonds. The molecule has 0 unspecified atom stereocenters. The minimum atomic E-state index is -0.682. The van der Waals surface area contributed by atoms with E-state index in [1.165, 1.54) is 37.4 Å².